The zero-order chi connectivity index (χ0) is 13.2. The van der Waals surface area contributed by atoms with Gasteiger partial charge in [0, 0.05) is 12.3 Å². The molecule has 0 saturated heterocycles. The highest BCUT2D eigenvalue weighted by atomic mass is 16.5. The average molecular weight is 256 g/mol. The van der Waals surface area contributed by atoms with Crippen molar-refractivity contribution in [1.82, 2.24) is 4.98 Å². The van der Waals surface area contributed by atoms with Crippen molar-refractivity contribution in [2.45, 2.75) is 6.04 Å². The fraction of sp³-hybridized carbons (Fsp3) is 0.143. The summed E-state index contributed by atoms with van der Waals surface area (Å²) in [5, 5.41) is 12.2. The molecule has 1 aromatic carbocycles. The molecule has 1 aromatic heterocycles. The Morgan fingerprint density at radius 3 is 2.89 bits per heavy atom. The second kappa shape index (κ2) is 4.61. The molecule has 96 valence electrons. The van der Waals surface area contributed by atoms with Crippen molar-refractivity contribution in [3.63, 3.8) is 0 Å². The van der Waals surface area contributed by atoms with Gasteiger partial charge in [0.15, 0.2) is 11.6 Å². The van der Waals surface area contributed by atoms with Gasteiger partial charge in [0.05, 0.1) is 11.6 Å². The molecule has 0 fully saturated rings. The number of fused-ring (bicyclic) bond motifs is 1. The number of aromatic nitrogens is 1. The largest absolute Gasteiger partial charge is 0.487 e. The zero-order valence-corrected chi connectivity index (χ0v) is 10.0. The molecule has 5 heteroatoms. The smallest absolute Gasteiger partial charge is 0.337 e. The molecule has 0 spiro atoms. The highest BCUT2D eigenvalue weighted by Crippen LogP contribution is 2.32. The number of ether oxygens (including phenoxy) is 1. The van der Waals surface area contributed by atoms with Crippen molar-refractivity contribution in [3.05, 3.63) is 53.7 Å². The predicted octanol–water partition coefficient (Wildman–Crippen LogP) is 2.33. The van der Waals surface area contributed by atoms with Gasteiger partial charge in [-0.05, 0) is 5.56 Å². The summed E-state index contributed by atoms with van der Waals surface area (Å²) in [5.74, 6) is 0.0428. The molecule has 1 aliphatic heterocycles. The number of pyridine rings is 1. The standard InChI is InChI=1S/C14H12N2O3/c17-14(18)10-6-12-13(15-7-10)16-11(8-19-12)9-4-2-1-3-5-9/h1-7,11H,8H2,(H,15,16)(H,17,18)/t11-/m1/s1. The van der Waals surface area contributed by atoms with E-state index in [0.717, 1.165) is 5.56 Å². The Labute approximate surface area is 109 Å². The predicted molar refractivity (Wildman–Crippen MR) is 69.5 cm³/mol. The molecular weight excluding hydrogens is 244 g/mol. The van der Waals surface area contributed by atoms with E-state index in [0.29, 0.717) is 18.2 Å². The van der Waals surface area contributed by atoms with E-state index >= 15 is 0 Å². The van der Waals surface area contributed by atoms with Gasteiger partial charge in [0.2, 0.25) is 0 Å². The molecule has 0 aliphatic carbocycles. The maximum Gasteiger partial charge on any atom is 0.337 e. The second-order valence-corrected chi connectivity index (χ2v) is 4.29. The van der Waals surface area contributed by atoms with E-state index < -0.39 is 5.97 Å². The van der Waals surface area contributed by atoms with E-state index in [-0.39, 0.29) is 11.6 Å². The molecule has 2 aromatic rings. The van der Waals surface area contributed by atoms with Crippen LogP contribution in [0.15, 0.2) is 42.6 Å². The van der Waals surface area contributed by atoms with Crippen molar-refractivity contribution in [2.24, 2.45) is 0 Å². The minimum absolute atomic E-state index is 0.0249. The quantitative estimate of drug-likeness (QED) is 0.862. The number of hydrogen-bond acceptors (Lipinski definition) is 4. The van der Waals surface area contributed by atoms with Gasteiger partial charge >= 0.3 is 5.97 Å². The lowest BCUT2D eigenvalue weighted by molar-refractivity contribution is 0.0696. The minimum Gasteiger partial charge on any atom is -0.487 e. The highest BCUT2D eigenvalue weighted by Gasteiger charge is 2.22. The summed E-state index contributed by atoms with van der Waals surface area (Å²) >= 11 is 0. The molecule has 19 heavy (non-hydrogen) atoms. The van der Waals surface area contributed by atoms with E-state index in [1.807, 2.05) is 30.3 Å². The Morgan fingerprint density at radius 2 is 2.16 bits per heavy atom. The van der Waals surface area contributed by atoms with E-state index in [1.165, 1.54) is 12.3 Å². The number of carboxylic acids is 1. The molecule has 0 amide bonds. The number of carbonyl (C=O) groups is 1. The van der Waals surface area contributed by atoms with Gasteiger partial charge in [0.1, 0.15) is 6.61 Å². The fourth-order valence-electron chi connectivity index (χ4n) is 2.02. The first-order valence-electron chi connectivity index (χ1n) is 5.91. The number of anilines is 1. The molecule has 0 saturated carbocycles. The summed E-state index contributed by atoms with van der Waals surface area (Å²) < 4.78 is 5.59. The van der Waals surface area contributed by atoms with Crippen LogP contribution < -0.4 is 10.1 Å². The topological polar surface area (TPSA) is 71.5 Å². The van der Waals surface area contributed by atoms with Gasteiger partial charge < -0.3 is 15.2 Å². The molecule has 2 heterocycles. The summed E-state index contributed by atoms with van der Waals surface area (Å²) in [6, 6.07) is 11.4. The fourth-order valence-corrected chi connectivity index (χ4v) is 2.02. The number of hydrogen-bond donors (Lipinski definition) is 2. The normalized spacial score (nSPS) is 16.9. The highest BCUT2D eigenvalue weighted by molar-refractivity contribution is 5.88. The van der Waals surface area contributed by atoms with Gasteiger partial charge in [-0.15, -0.1) is 0 Å². The number of nitrogens with one attached hydrogen (secondary N) is 1. The van der Waals surface area contributed by atoms with Crippen molar-refractivity contribution >= 4 is 11.8 Å². The summed E-state index contributed by atoms with van der Waals surface area (Å²) in [4.78, 5) is 15.0. The van der Waals surface area contributed by atoms with E-state index in [1.54, 1.807) is 0 Å². The molecule has 2 N–H and O–H groups in total. The second-order valence-electron chi connectivity index (χ2n) is 4.29. The first kappa shape index (κ1) is 11.5. The lowest BCUT2D eigenvalue weighted by atomic mass is 10.1. The van der Waals surface area contributed by atoms with Gasteiger partial charge in [-0.1, -0.05) is 30.3 Å². The average Bonchev–Trinajstić information content (AvgIpc) is 2.47. The number of carboxylic acid groups (broad SMARTS) is 1. The van der Waals surface area contributed by atoms with Crippen LogP contribution in [0.2, 0.25) is 0 Å². The van der Waals surface area contributed by atoms with E-state index in [4.69, 9.17) is 9.84 Å². The van der Waals surface area contributed by atoms with Crippen LogP contribution in [0.1, 0.15) is 22.0 Å². The van der Waals surface area contributed by atoms with Crippen LogP contribution in [0.3, 0.4) is 0 Å². The van der Waals surface area contributed by atoms with Crippen molar-refractivity contribution < 1.29 is 14.6 Å². The van der Waals surface area contributed by atoms with E-state index in [2.05, 4.69) is 10.3 Å². The van der Waals surface area contributed by atoms with Crippen LogP contribution >= 0.6 is 0 Å². The molecule has 1 aliphatic rings. The van der Waals surface area contributed by atoms with E-state index in [9.17, 15) is 4.79 Å². The zero-order valence-electron chi connectivity index (χ0n) is 10.0. The summed E-state index contributed by atoms with van der Waals surface area (Å²) in [6.45, 7) is 0.446. The molecular formula is C14H12N2O3. The van der Waals surface area contributed by atoms with Crippen LogP contribution in [0, 0.1) is 0 Å². The molecule has 5 nitrogen and oxygen atoms in total. The Bertz CT molecular complexity index is 613. The third-order valence-electron chi connectivity index (χ3n) is 3.02. The molecule has 0 unspecified atom stereocenters. The maximum atomic E-state index is 10.9. The van der Waals surface area contributed by atoms with Gasteiger partial charge in [-0.2, -0.15) is 0 Å². The number of aromatic carboxylic acids is 1. The SMILES string of the molecule is O=C(O)c1cnc2c(c1)OC[C@H](c1ccccc1)N2. The third kappa shape index (κ3) is 2.22. The van der Waals surface area contributed by atoms with Crippen LogP contribution in [0.25, 0.3) is 0 Å². The summed E-state index contributed by atoms with van der Waals surface area (Å²) in [7, 11) is 0. The van der Waals surface area contributed by atoms with Gasteiger partial charge in [-0.25, -0.2) is 9.78 Å². The summed E-state index contributed by atoms with van der Waals surface area (Å²) in [5.41, 5.74) is 1.23. The van der Waals surface area contributed by atoms with Crippen LogP contribution in [-0.4, -0.2) is 22.7 Å². The van der Waals surface area contributed by atoms with Crippen molar-refractivity contribution in [3.8, 4) is 5.75 Å². The Morgan fingerprint density at radius 1 is 1.37 bits per heavy atom. The maximum absolute atomic E-state index is 10.9. The molecule has 0 bridgehead atoms. The Balaban J connectivity index is 1.87. The Kier molecular flexibility index (Phi) is 2.79. The van der Waals surface area contributed by atoms with Crippen LogP contribution in [0.4, 0.5) is 5.82 Å². The van der Waals surface area contributed by atoms with Crippen molar-refractivity contribution in [2.75, 3.05) is 11.9 Å². The molecule has 3 rings (SSSR count). The van der Waals surface area contributed by atoms with Gasteiger partial charge in [-0.3, -0.25) is 0 Å². The number of benzene rings is 1. The minimum atomic E-state index is -1.01. The Hall–Kier alpha value is -2.56. The lowest BCUT2D eigenvalue weighted by Crippen LogP contribution is -2.24. The first-order chi connectivity index (χ1) is 9.24. The summed E-state index contributed by atoms with van der Waals surface area (Å²) in [6.07, 6.45) is 1.32. The first-order valence-corrected chi connectivity index (χ1v) is 5.91. The third-order valence-corrected chi connectivity index (χ3v) is 3.02. The number of rotatable bonds is 2. The monoisotopic (exact) mass is 256 g/mol. The molecule has 1 atom stereocenters. The van der Waals surface area contributed by atoms with Gasteiger partial charge in [0.25, 0.3) is 0 Å². The number of nitrogens with zero attached hydrogens (tertiary/aromatic N) is 1. The van der Waals surface area contributed by atoms with Crippen molar-refractivity contribution in [1.29, 1.82) is 0 Å². The molecule has 0 radical (unpaired) electrons. The lowest BCUT2D eigenvalue weighted by Gasteiger charge is -2.26. The van der Waals surface area contributed by atoms with Crippen LogP contribution in [-0.2, 0) is 0 Å². The van der Waals surface area contributed by atoms with Crippen LogP contribution in [0.5, 0.6) is 5.75 Å².